The highest BCUT2D eigenvalue weighted by molar-refractivity contribution is 7.89. The van der Waals surface area contributed by atoms with Gasteiger partial charge in [-0.3, -0.25) is 0 Å². The Bertz CT molecular complexity index is 403. The minimum Gasteiger partial charge on any atom is -0.211 e. The molecule has 0 heterocycles. The van der Waals surface area contributed by atoms with E-state index in [1.165, 1.54) is 6.07 Å². The maximum atomic E-state index is 11.6. The van der Waals surface area contributed by atoms with Crippen molar-refractivity contribution in [3.05, 3.63) is 29.3 Å². The molecule has 1 N–H and O–H groups in total. The van der Waals surface area contributed by atoms with Crippen molar-refractivity contribution in [1.29, 1.82) is 0 Å². The Morgan fingerprint density at radius 2 is 2.00 bits per heavy atom. The highest BCUT2D eigenvalue weighted by Crippen LogP contribution is 2.19. The minimum atomic E-state index is -3.44. The molecule has 78 valence electrons. The Labute approximate surface area is 89.1 Å². The lowest BCUT2D eigenvalue weighted by Gasteiger charge is -2.06. The van der Waals surface area contributed by atoms with Crippen LogP contribution in [0.2, 0.25) is 5.02 Å². The third-order valence-corrected chi connectivity index (χ3v) is 3.63. The molecule has 0 aliphatic rings. The number of rotatable bonds is 4. The fraction of sp³-hybridized carbons (Fsp3) is 0.333. The first kappa shape index (κ1) is 11.5. The molecule has 3 nitrogen and oxygen atoms in total. The molecule has 0 unspecified atom stereocenters. The van der Waals surface area contributed by atoms with E-state index in [1.807, 2.05) is 6.92 Å². The van der Waals surface area contributed by atoms with Gasteiger partial charge in [-0.25, -0.2) is 13.1 Å². The maximum absolute atomic E-state index is 11.6. The molecule has 0 radical (unpaired) electrons. The Kier molecular flexibility index (Phi) is 3.92. The Hall–Kier alpha value is -0.580. The SMILES string of the molecule is CCCNS(=O)(=O)c1ccccc1Cl. The summed E-state index contributed by atoms with van der Waals surface area (Å²) in [7, 11) is -3.44. The van der Waals surface area contributed by atoms with Crippen LogP contribution in [0.3, 0.4) is 0 Å². The molecular weight excluding hydrogens is 222 g/mol. The third kappa shape index (κ3) is 2.70. The third-order valence-electron chi connectivity index (χ3n) is 1.67. The summed E-state index contributed by atoms with van der Waals surface area (Å²) in [6, 6.07) is 6.38. The van der Waals surface area contributed by atoms with E-state index in [0.29, 0.717) is 6.54 Å². The summed E-state index contributed by atoms with van der Waals surface area (Å²) in [6.45, 7) is 2.32. The molecule has 0 aromatic heterocycles. The quantitative estimate of drug-likeness (QED) is 0.865. The number of nitrogens with one attached hydrogen (secondary N) is 1. The molecule has 1 aromatic rings. The van der Waals surface area contributed by atoms with Gasteiger partial charge < -0.3 is 0 Å². The molecule has 14 heavy (non-hydrogen) atoms. The van der Waals surface area contributed by atoms with Gasteiger partial charge in [-0.15, -0.1) is 0 Å². The zero-order valence-corrected chi connectivity index (χ0v) is 9.40. The van der Waals surface area contributed by atoms with E-state index in [4.69, 9.17) is 11.6 Å². The molecule has 0 aliphatic heterocycles. The lowest BCUT2D eigenvalue weighted by atomic mass is 10.4. The molecule has 0 amide bonds. The van der Waals surface area contributed by atoms with Crippen LogP contribution in [0.4, 0.5) is 0 Å². The van der Waals surface area contributed by atoms with E-state index in [2.05, 4.69) is 4.72 Å². The number of benzene rings is 1. The van der Waals surface area contributed by atoms with Gasteiger partial charge in [0.15, 0.2) is 0 Å². The zero-order valence-electron chi connectivity index (χ0n) is 7.83. The Morgan fingerprint density at radius 1 is 1.36 bits per heavy atom. The first-order chi connectivity index (χ1) is 6.58. The van der Waals surface area contributed by atoms with Gasteiger partial charge in [0, 0.05) is 6.54 Å². The van der Waals surface area contributed by atoms with Crippen LogP contribution < -0.4 is 4.72 Å². The van der Waals surface area contributed by atoms with Crippen molar-refractivity contribution in [3.63, 3.8) is 0 Å². The molecule has 5 heteroatoms. The number of sulfonamides is 1. The smallest absolute Gasteiger partial charge is 0.211 e. The predicted molar refractivity (Wildman–Crippen MR) is 56.9 cm³/mol. The molecule has 0 aliphatic carbocycles. The Balaban J connectivity index is 2.99. The van der Waals surface area contributed by atoms with Crippen molar-refractivity contribution in [1.82, 2.24) is 4.72 Å². The van der Waals surface area contributed by atoms with Gasteiger partial charge in [-0.1, -0.05) is 30.7 Å². The van der Waals surface area contributed by atoms with E-state index in [9.17, 15) is 8.42 Å². The van der Waals surface area contributed by atoms with E-state index >= 15 is 0 Å². The monoisotopic (exact) mass is 233 g/mol. The molecule has 1 rings (SSSR count). The first-order valence-electron chi connectivity index (χ1n) is 4.32. The second-order valence-electron chi connectivity index (χ2n) is 2.83. The standard InChI is InChI=1S/C9H12ClNO2S/c1-2-7-11-14(12,13)9-6-4-3-5-8(9)10/h3-6,11H,2,7H2,1H3. The molecule has 0 saturated heterocycles. The van der Waals surface area contributed by atoms with Gasteiger partial charge in [-0.05, 0) is 18.6 Å². The van der Waals surface area contributed by atoms with Gasteiger partial charge >= 0.3 is 0 Å². The number of hydrogen-bond acceptors (Lipinski definition) is 2. The van der Waals surface area contributed by atoms with Crippen LogP contribution in [0.5, 0.6) is 0 Å². The molecule has 0 spiro atoms. The summed E-state index contributed by atoms with van der Waals surface area (Å²) in [5.74, 6) is 0. The van der Waals surface area contributed by atoms with Crippen molar-refractivity contribution in [2.45, 2.75) is 18.2 Å². The van der Waals surface area contributed by atoms with Gasteiger partial charge in [-0.2, -0.15) is 0 Å². The zero-order chi connectivity index (χ0) is 10.6. The van der Waals surface area contributed by atoms with Crippen molar-refractivity contribution in [3.8, 4) is 0 Å². The van der Waals surface area contributed by atoms with Crippen molar-refractivity contribution >= 4 is 21.6 Å². The van der Waals surface area contributed by atoms with Gasteiger partial charge in [0.2, 0.25) is 10.0 Å². The molecular formula is C9H12ClNO2S. The average molecular weight is 234 g/mol. The van der Waals surface area contributed by atoms with Gasteiger partial charge in [0.25, 0.3) is 0 Å². The van der Waals surface area contributed by atoms with Gasteiger partial charge in [0.05, 0.1) is 5.02 Å². The van der Waals surface area contributed by atoms with Crippen LogP contribution in [0.15, 0.2) is 29.2 Å². The molecule has 0 atom stereocenters. The fourth-order valence-electron chi connectivity index (χ4n) is 0.977. The molecule has 0 bridgehead atoms. The maximum Gasteiger partial charge on any atom is 0.242 e. The number of hydrogen-bond donors (Lipinski definition) is 1. The normalized spacial score (nSPS) is 11.6. The van der Waals surface area contributed by atoms with Crippen LogP contribution in [0, 0.1) is 0 Å². The lowest BCUT2D eigenvalue weighted by Crippen LogP contribution is -2.24. The number of halogens is 1. The van der Waals surface area contributed by atoms with Crippen LogP contribution in [0.1, 0.15) is 13.3 Å². The largest absolute Gasteiger partial charge is 0.242 e. The summed E-state index contributed by atoms with van der Waals surface area (Å²) < 4.78 is 25.7. The second kappa shape index (κ2) is 4.77. The Morgan fingerprint density at radius 3 is 2.57 bits per heavy atom. The van der Waals surface area contributed by atoms with Crippen LogP contribution in [-0.4, -0.2) is 15.0 Å². The summed E-state index contributed by atoms with van der Waals surface area (Å²) in [5, 5.41) is 0.246. The van der Waals surface area contributed by atoms with Crippen molar-refractivity contribution < 1.29 is 8.42 Å². The van der Waals surface area contributed by atoms with E-state index in [0.717, 1.165) is 6.42 Å². The lowest BCUT2D eigenvalue weighted by molar-refractivity contribution is 0.581. The molecule has 0 fully saturated rings. The van der Waals surface area contributed by atoms with Crippen LogP contribution in [-0.2, 0) is 10.0 Å². The van der Waals surface area contributed by atoms with E-state index < -0.39 is 10.0 Å². The topological polar surface area (TPSA) is 46.2 Å². The van der Waals surface area contributed by atoms with E-state index in [-0.39, 0.29) is 9.92 Å². The minimum absolute atomic E-state index is 0.134. The van der Waals surface area contributed by atoms with E-state index in [1.54, 1.807) is 18.2 Å². The fourth-order valence-corrected chi connectivity index (χ4v) is 2.63. The van der Waals surface area contributed by atoms with Crippen molar-refractivity contribution in [2.75, 3.05) is 6.54 Å². The summed E-state index contributed by atoms with van der Waals surface area (Å²) in [5.41, 5.74) is 0. The average Bonchev–Trinajstić information content (AvgIpc) is 2.15. The second-order valence-corrected chi connectivity index (χ2v) is 4.97. The summed E-state index contributed by atoms with van der Waals surface area (Å²) in [4.78, 5) is 0.134. The van der Waals surface area contributed by atoms with Gasteiger partial charge in [0.1, 0.15) is 4.90 Å². The van der Waals surface area contributed by atoms with Crippen molar-refractivity contribution in [2.24, 2.45) is 0 Å². The molecule has 0 saturated carbocycles. The summed E-state index contributed by atoms with van der Waals surface area (Å²) >= 11 is 5.77. The first-order valence-corrected chi connectivity index (χ1v) is 6.18. The van der Waals surface area contributed by atoms with Crippen LogP contribution >= 0.6 is 11.6 Å². The summed E-state index contributed by atoms with van der Waals surface area (Å²) in [6.07, 6.45) is 0.754. The highest BCUT2D eigenvalue weighted by atomic mass is 35.5. The predicted octanol–water partition coefficient (Wildman–Crippen LogP) is 2.03. The molecule has 1 aromatic carbocycles. The highest BCUT2D eigenvalue weighted by Gasteiger charge is 2.15. The van der Waals surface area contributed by atoms with Crippen LogP contribution in [0.25, 0.3) is 0 Å².